The first-order chi connectivity index (χ1) is 7.06. The van der Waals surface area contributed by atoms with Gasteiger partial charge in [-0.05, 0) is 0 Å². The van der Waals surface area contributed by atoms with Crippen LogP contribution in [-0.2, 0) is 11.3 Å². The zero-order valence-electron chi connectivity index (χ0n) is 8.73. The predicted octanol–water partition coefficient (Wildman–Crippen LogP) is 0.471. The Bertz CT molecular complexity index is 376. The van der Waals surface area contributed by atoms with E-state index in [4.69, 9.17) is 9.84 Å². The molecule has 0 saturated carbocycles. The van der Waals surface area contributed by atoms with Gasteiger partial charge >= 0.3 is 5.97 Å². The fraction of sp³-hybridized carbons (Fsp3) is 0.400. The highest BCUT2D eigenvalue weighted by atomic mass is 16.5. The van der Waals surface area contributed by atoms with E-state index in [1.807, 2.05) is 0 Å². The molecule has 1 rings (SSSR count). The summed E-state index contributed by atoms with van der Waals surface area (Å²) in [6.45, 7) is 2.12. The van der Waals surface area contributed by atoms with Crippen LogP contribution in [0.2, 0.25) is 0 Å². The van der Waals surface area contributed by atoms with Crippen LogP contribution in [0, 0.1) is 6.92 Å². The molecule has 1 heterocycles. The topological polar surface area (TPSA) is 70.6 Å². The number of aromatic hydroxyl groups is 1. The molecule has 15 heavy (non-hydrogen) atoms. The summed E-state index contributed by atoms with van der Waals surface area (Å²) in [7, 11) is 1.46. The largest absolute Gasteiger partial charge is 0.504 e. The van der Waals surface area contributed by atoms with Crippen LogP contribution in [-0.4, -0.2) is 23.3 Å². The Morgan fingerprint density at radius 2 is 2.27 bits per heavy atom. The lowest BCUT2D eigenvalue weighted by atomic mass is 10.3. The van der Waals surface area contributed by atoms with Crippen LogP contribution < -0.4 is 9.30 Å². The minimum absolute atomic E-state index is 0.0411. The number of pyridine rings is 1. The number of ether oxygens (including phenoxy) is 1. The monoisotopic (exact) mass is 212 g/mol. The van der Waals surface area contributed by atoms with Crippen LogP contribution >= 0.6 is 0 Å². The molecule has 0 fully saturated rings. The predicted molar refractivity (Wildman–Crippen MR) is 51.8 cm³/mol. The van der Waals surface area contributed by atoms with E-state index < -0.39 is 5.97 Å². The standard InChI is InChI=1S/C10H13NO4/c1-7-10(15-2)8(12)3-5-11(7)6-4-9(13)14/h3,5H,4,6H2,1-2H3,(H,13,14)/p+1. The lowest BCUT2D eigenvalue weighted by Gasteiger charge is -2.05. The molecule has 0 aromatic carbocycles. The second-order valence-corrected chi connectivity index (χ2v) is 3.16. The molecule has 2 N–H and O–H groups in total. The van der Waals surface area contributed by atoms with Gasteiger partial charge in [-0.1, -0.05) is 0 Å². The van der Waals surface area contributed by atoms with E-state index in [2.05, 4.69) is 0 Å². The van der Waals surface area contributed by atoms with Gasteiger partial charge in [0.05, 0.1) is 7.11 Å². The van der Waals surface area contributed by atoms with Crippen LogP contribution in [0.25, 0.3) is 0 Å². The average molecular weight is 212 g/mol. The van der Waals surface area contributed by atoms with E-state index in [-0.39, 0.29) is 12.2 Å². The number of aromatic nitrogens is 1. The molecule has 0 saturated heterocycles. The van der Waals surface area contributed by atoms with E-state index >= 15 is 0 Å². The second kappa shape index (κ2) is 4.63. The second-order valence-electron chi connectivity index (χ2n) is 3.16. The Kier molecular flexibility index (Phi) is 3.49. The van der Waals surface area contributed by atoms with Gasteiger partial charge in [0.2, 0.25) is 11.4 Å². The van der Waals surface area contributed by atoms with E-state index in [1.54, 1.807) is 17.7 Å². The third-order valence-electron chi connectivity index (χ3n) is 2.18. The van der Waals surface area contributed by atoms with Gasteiger partial charge in [0, 0.05) is 13.0 Å². The number of aryl methyl sites for hydroxylation is 1. The van der Waals surface area contributed by atoms with Crippen molar-refractivity contribution in [1.82, 2.24) is 0 Å². The van der Waals surface area contributed by atoms with Crippen LogP contribution in [0.15, 0.2) is 12.3 Å². The highest BCUT2D eigenvalue weighted by Gasteiger charge is 2.17. The molecule has 0 amide bonds. The number of carbonyl (C=O) groups is 1. The number of rotatable bonds is 4. The SMILES string of the molecule is COc1c(O)cc[n+](CCC(=O)O)c1C. The third-order valence-corrected chi connectivity index (χ3v) is 2.18. The summed E-state index contributed by atoms with van der Waals surface area (Å²) >= 11 is 0. The van der Waals surface area contributed by atoms with Gasteiger partial charge in [-0.3, -0.25) is 4.79 Å². The van der Waals surface area contributed by atoms with Gasteiger partial charge < -0.3 is 14.9 Å². The maximum atomic E-state index is 10.4. The number of carboxylic acids is 1. The molecule has 0 aliphatic heterocycles. The van der Waals surface area contributed by atoms with E-state index in [0.29, 0.717) is 18.0 Å². The van der Waals surface area contributed by atoms with Crippen molar-refractivity contribution in [3.63, 3.8) is 0 Å². The Hall–Kier alpha value is -1.78. The van der Waals surface area contributed by atoms with Crippen molar-refractivity contribution in [2.24, 2.45) is 0 Å². The third kappa shape index (κ3) is 2.59. The fourth-order valence-electron chi connectivity index (χ4n) is 1.37. The van der Waals surface area contributed by atoms with Gasteiger partial charge in [-0.15, -0.1) is 0 Å². The molecule has 0 unspecified atom stereocenters. The maximum Gasteiger partial charge on any atom is 0.309 e. The molecule has 5 heteroatoms. The van der Waals surface area contributed by atoms with Gasteiger partial charge in [0.1, 0.15) is 6.42 Å². The number of carboxylic acid groups (broad SMARTS) is 1. The zero-order chi connectivity index (χ0) is 11.4. The molecule has 0 radical (unpaired) electrons. The molecule has 82 valence electrons. The molecule has 0 spiro atoms. The summed E-state index contributed by atoms with van der Waals surface area (Å²) < 4.78 is 6.73. The molecule has 0 bridgehead atoms. The van der Waals surface area contributed by atoms with Crippen molar-refractivity contribution in [2.75, 3.05) is 7.11 Å². The minimum Gasteiger partial charge on any atom is -0.504 e. The molecule has 1 aromatic heterocycles. The summed E-state index contributed by atoms with van der Waals surface area (Å²) in [5.74, 6) is -0.418. The molecule has 5 nitrogen and oxygen atoms in total. The normalized spacial score (nSPS) is 10.0. The van der Waals surface area contributed by atoms with Gasteiger partial charge in [-0.2, -0.15) is 4.57 Å². The quantitative estimate of drug-likeness (QED) is 0.712. The van der Waals surface area contributed by atoms with Crippen molar-refractivity contribution < 1.29 is 24.3 Å². The van der Waals surface area contributed by atoms with Gasteiger partial charge in [-0.25, -0.2) is 0 Å². The lowest BCUT2D eigenvalue weighted by Crippen LogP contribution is -2.37. The lowest BCUT2D eigenvalue weighted by molar-refractivity contribution is -0.702. The number of methoxy groups -OCH3 is 1. The molecule has 1 aromatic rings. The Morgan fingerprint density at radius 1 is 1.60 bits per heavy atom. The molecular formula is C10H14NO4+. The fourth-order valence-corrected chi connectivity index (χ4v) is 1.37. The number of hydrogen-bond acceptors (Lipinski definition) is 3. The first-order valence-corrected chi connectivity index (χ1v) is 4.54. The van der Waals surface area contributed by atoms with Crippen molar-refractivity contribution in [3.8, 4) is 11.5 Å². The van der Waals surface area contributed by atoms with Crippen LogP contribution in [0.5, 0.6) is 11.5 Å². The van der Waals surface area contributed by atoms with Crippen molar-refractivity contribution >= 4 is 5.97 Å². The first kappa shape index (κ1) is 11.3. The maximum absolute atomic E-state index is 10.4. The Morgan fingerprint density at radius 3 is 2.80 bits per heavy atom. The molecule has 0 aliphatic carbocycles. The number of nitrogens with zero attached hydrogens (tertiary/aromatic N) is 1. The van der Waals surface area contributed by atoms with Crippen molar-refractivity contribution in [1.29, 1.82) is 0 Å². The van der Waals surface area contributed by atoms with Gasteiger partial charge in [0.15, 0.2) is 18.5 Å². The Balaban J connectivity index is 2.94. The summed E-state index contributed by atoms with van der Waals surface area (Å²) in [6, 6.07) is 1.48. The highest BCUT2D eigenvalue weighted by Crippen LogP contribution is 2.25. The summed E-state index contributed by atoms with van der Waals surface area (Å²) in [5.41, 5.74) is 0.707. The van der Waals surface area contributed by atoms with E-state index in [0.717, 1.165) is 0 Å². The minimum atomic E-state index is -0.853. The van der Waals surface area contributed by atoms with Crippen LogP contribution in [0.1, 0.15) is 12.1 Å². The summed E-state index contributed by atoms with van der Waals surface area (Å²) in [5, 5.41) is 18.0. The van der Waals surface area contributed by atoms with Crippen molar-refractivity contribution in [3.05, 3.63) is 18.0 Å². The molecule has 0 atom stereocenters. The van der Waals surface area contributed by atoms with E-state index in [9.17, 15) is 9.90 Å². The van der Waals surface area contributed by atoms with Crippen LogP contribution in [0.3, 0.4) is 0 Å². The number of aliphatic carboxylic acids is 1. The molecular weight excluding hydrogens is 198 g/mol. The zero-order valence-corrected chi connectivity index (χ0v) is 8.73. The first-order valence-electron chi connectivity index (χ1n) is 4.54. The average Bonchev–Trinajstić information content (AvgIpc) is 2.17. The van der Waals surface area contributed by atoms with Crippen LogP contribution in [0.4, 0.5) is 0 Å². The van der Waals surface area contributed by atoms with E-state index in [1.165, 1.54) is 13.2 Å². The van der Waals surface area contributed by atoms with Crippen molar-refractivity contribution in [2.45, 2.75) is 19.9 Å². The summed E-state index contributed by atoms with van der Waals surface area (Å²) in [6.07, 6.45) is 1.68. The summed E-state index contributed by atoms with van der Waals surface area (Å²) in [4.78, 5) is 10.4. The highest BCUT2D eigenvalue weighted by molar-refractivity contribution is 5.66. The Labute approximate surface area is 87.5 Å². The van der Waals surface area contributed by atoms with Gasteiger partial charge in [0.25, 0.3) is 0 Å². The number of hydrogen-bond donors (Lipinski definition) is 2. The smallest absolute Gasteiger partial charge is 0.309 e. The molecule has 0 aliphatic rings.